The molecule has 0 aliphatic rings. The summed E-state index contributed by atoms with van der Waals surface area (Å²) >= 11 is 5.32. The average Bonchev–Trinajstić information content (AvgIpc) is 2.83. The van der Waals surface area contributed by atoms with E-state index in [-0.39, 0.29) is 6.04 Å². The van der Waals surface area contributed by atoms with E-state index in [4.69, 9.17) is 4.74 Å². The van der Waals surface area contributed by atoms with Gasteiger partial charge in [0.1, 0.15) is 10.8 Å². The molecule has 0 bridgehead atoms. The number of nitrogens with zero attached hydrogens (tertiary/aromatic N) is 1. The summed E-state index contributed by atoms with van der Waals surface area (Å²) in [5.74, 6) is 0.854. The molecule has 1 aromatic carbocycles. The monoisotopic (exact) mass is 354 g/mol. The molecule has 3 nitrogen and oxygen atoms in total. The van der Waals surface area contributed by atoms with Crippen LogP contribution >= 0.6 is 27.3 Å². The van der Waals surface area contributed by atoms with Gasteiger partial charge in [-0.05, 0) is 44.5 Å². The van der Waals surface area contributed by atoms with Gasteiger partial charge in [-0.1, -0.05) is 15.9 Å². The molecule has 1 aromatic heterocycles. The van der Waals surface area contributed by atoms with Gasteiger partial charge in [0, 0.05) is 21.6 Å². The van der Waals surface area contributed by atoms with Crippen molar-refractivity contribution >= 4 is 27.3 Å². The highest BCUT2D eigenvalue weighted by molar-refractivity contribution is 9.10. The molecule has 108 valence electrons. The standard InChI is InChI=1S/C15H19BrN2OS/c1-9(2)17-14(15-18-10(3)8-20-15)12-7-11(19-4)5-6-13(12)16/h5-9,14,17H,1-4H3. The van der Waals surface area contributed by atoms with Gasteiger partial charge in [0.25, 0.3) is 0 Å². The van der Waals surface area contributed by atoms with Gasteiger partial charge in [0.15, 0.2) is 0 Å². The number of benzene rings is 1. The van der Waals surface area contributed by atoms with Crippen molar-refractivity contribution < 1.29 is 4.74 Å². The number of hydrogen-bond acceptors (Lipinski definition) is 4. The predicted octanol–water partition coefficient (Wildman–Crippen LogP) is 4.31. The zero-order valence-corrected chi connectivity index (χ0v) is 14.5. The Morgan fingerprint density at radius 3 is 2.65 bits per heavy atom. The molecule has 1 heterocycles. The molecule has 0 radical (unpaired) electrons. The number of rotatable bonds is 5. The highest BCUT2D eigenvalue weighted by Crippen LogP contribution is 2.33. The van der Waals surface area contributed by atoms with Gasteiger partial charge in [0.2, 0.25) is 0 Å². The van der Waals surface area contributed by atoms with E-state index in [0.717, 1.165) is 26.5 Å². The highest BCUT2D eigenvalue weighted by atomic mass is 79.9. The molecule has 20 heavy (non-hydrogen) atoms. The van der Waals surface area contributed by atoms with Crippen molar-refractivity contribution in [3.05, 3.63) is 44.3 Å². The van der Waals surface area contributed by atoms with Crippen molar-refractivity contribution in [1.29, 1.82) is 0 Å². The zero-order valence-electron chi connectivity index (χ0n) is 12.1. The van der Waals surface area contributed by atoms with Crippen LogP contribution in [0.4, 0.5) is 0 Å². The van der Waals surface area contributed by atoms with E-state index in [0.29, 0.717) is 6.04 Å². The van der Waals surface area contributed by atoms with Gasteiger partial charge in [-0.15, -0.1) is 11.3 Å². The largest absolute Gasteiger partial charge is 0.497 e. The minimum Gasteiger partial charge on any atom is -0.497 e. The van der Waals surface area contributed by atoms with Crippen LogP contribution in [-0.2, 0) is 0 Å². The molecule has 0 saturated heterocycles. The Kier molecular flexibility index (Phi) is 5.18. The van der Waals surface area contributed by atoms with Gasteiger partial charge in [-0.3, -0.25) is 0 Å². The quantitative estimate of drug-likeness (QED) is 0.868. The number of aromatic nitrogens is 1. The van der Waals surface area contributed by atoms with E-state index in [1.165, 1.54) is 0 Å². The van der Waals surface area contributed by atoms with Gasteiger partial charge in [-0.25, -0.2) is 4.98 Å². The van der Waals surface area contributed by atoms with Crippen molar-refractivity contribution in [3.8, 4) is 5.75 Å². The second-order valence-electron chi connectivity index (χ2n) is 4.97. The smallest absolute Gasteiger partial charge is 0.119 e. The Bertz CT molecular complexity index is 583. The fourth-order valence-corrected chi connectivity index (χ4v) is 3.35. The Balaban J connectivity index is 2.45. The summed E-state index contributed by atoms with van der Waals surface area (Å²) in [6.07, 6.45) is 0. The van der Waals surface area contributed by atoms with Gasteiger partial charge >= 0.3 is 0 Å². The second-order valence-corrected chi connectivity index (χ2v) is 6.71. The van der Waals surface area contributed by atoms with E-state index in [1.54, 1.807) is 18.4 Å². The number of methoxy groups -OCH3 is 1. The number of aryl methyl sites for hydroxylation is 1. The minimum absolute atomic E-state index is 0.0678. The van der Waals surface area contributed by atoms with E-state index in [9.17, 15) is 0 Å². The lowest BCUT2D eigenvalue weighted by molar-refractivity contribution is 0.413. The maximum Gasteiger partial charge on any atom is 0.119 e. The Morgan fingerprint density at radius 2 is 2.10 bits per heavy atom. The summed E-state index contributed by atoms with van der Waals surface area (Å²) in [4.78, 5) is 4.63. The summed E-state index contributed by atoms with van der Waals surface area (Å²) in [6, 6.07) is 6.46. The van der Waals surface area contributed by atoms with Crippen LogP contribution in [0.1, 0.15) is 36.2 Å². The molecule has 1 N–H and O–H groups in total. The molecular formula is C15H19BrN2OS. The van der Waals surface area contributed by atoms with Gasteiger partial charge in [-0.2, -0.15) is 0 Å². The van der Waals surface area contributed by atoms with Crippen LogP contribution in [0.5, 0.6) is 5.75 Å². The number of ether oxygens (including phenoxy) is 1. The lowest BCUT2D eigenvalue weighted by atomic mass is 10.1. The van der Waals surface area contributed by atoms with Crippen LogP contribution in [0.25, 0.3) is 0 Å². The van der Waals surface area contributed by atoms with Crippen LogP contribution in [-0.4, -0.2) is 18.1 Å². The van der Waals surface area contributed by atoms with Crippen LogP contribution in [0.3, 0.4) is 0 Å². The van der Waals surface area contributed by atoms with Crippen LogP contribution < -0.4 is 10.1 Å². The molecule has 0 spiro atoms. The topological polar surface area (TPSA) is 34.1 Å². The molecule has 0 fully saturated rings. The summed E-state index contributed by atoms with van der Waals surface area (Å²) < 4.78 is 6.40. The Hall–Kier alpha value is -0.910. The van der Waals surface area contributed by atoms with Crippen molar-refractivity contribution in [1.82, 2.24) is 10.3 Å². The molecule has 2 rings (SSSR count). The molecule has 1 atom stereocenters. The average molecular weight is 355 g/mol. The third-order valence-corrected chi connectivity index (χ3v) is 4.65. The second kappa shape index (κ2) is 6.70. The van der Waals surface area contributed by atoms with E-state index in [1.807, 2.05) is 19.1 Å². The first kappa shape index (κ1) is 15.5. The van der Waals surface area contributed by atoms with Crippen LogP contribution in [0.2, 0.25) is 0 Å². The van der Waals surface area contributed by atoms with Crippen LogP contribution in [0, 0.1) is 6.92 Å². The maximum absolute atomic E-state index is 5.34. The molecule has 1 unspecified atom stereocenters. The van der Waals surface area contributed by atoms with E-state index < -0.39 is 0 Å². The third kappa shape index (κ3) is 3.59. The molecular weight excluding hydrogens is 336 g/mol. The summed E-state index contributed by atoms with van der Waals surface area (Å²) in [5, 5.41) is 6.74. The van der Waals surface area contributed by atoms with Crippen molar-refractivity contribution in [2.24, 2.45) is 0 Å². The third-order valence-electron chi connectivity index (χ3n) is 2.90. The number of nitrogens with one attached hydrogen (secondary N) is 1. The molecule has 0 saturated carbocycles. The number of thiazole rings is 1. The first-order valence-corrected chi connectivity index (χ1v) is 8.20. The SMILES string of the molecule is COc1ccc(Br)c(C(NC(C)C)c2nc(C)cs2)c1. The van der Waals surface area contributed by atoms with Crippen molar-refractivity contribution in [2.75, 3.05) is 7.11 Å². The summed E-state index contributed by atoms with van der Waals surface area (Å²) in [5.41, 5.74) is 2.20. The zero-order chi connectivity index (χ0) is 14.7. The molecule has 0 aliphatic heterocycles. The molecule has 2 aromatic rings. The summed E-state index contributed by atoms with van der Waals surface area (Å²) in [7, 11) is 1.69. The number of halogens is 1. The first-order chi connectivity index (χ1) is 9.51. The van der Waals surface area contributed by atoms with Gasteiger partial charge in [0.05, 0.1) is 13.2 Å². The minimum atomic E-state index is 0.0678. The normalized spacial score (nSPS) is 12.7. The van der Waals surface area contributed by atoms with Crippen molar-refractivity contribution in [2.45, 2.75) is 32.9 Å². The number of hydrogen-bond donors (Lipinski definition) is 1. The Morgan fingerprint density at radius 1 is 1.35 bits per heavy atom. The lowest BCUT2D eigenvalue weighted by Gasteiger charge is -2.21. The fourth-order valence-electron chi connectivity index (χ4n) is 2.00. The van der Waals surface area contributed by atoms with E-state index >= 15 is 0 Å². The molecule has 0 aliphatic carbocycles. The highest BCUT2D eigenvalue weighted by Gasteiger charge is 2.21. The van der Waals surface area contributed by atoms with E-state index in [2.05, 4.69) is 51.5 Å². The van der Waals surface area contributed by atoms with Crippen molar-refractivity contribution in [3.63, 3.8) is 0 Å². The molecule has 5 heteroatoms. The van der Waals surface area contributed by atoms with Gasteiger partial charge < -0.3 is 10.1 Å². The molecule has 0 amide bonds. The predicted molar refractivity (Wildman–Crippen MR) is 87.7 cm³/mol. The summed E-state index contributed by atoms with van der Waals surface area (Å²) in [6.45, 7) is 6.30. The Labute approximate surface area is 132 Å². The first-order valence-electron chi connectivity index (χ1n) is 6.52. The lowest BCUT2D eigenvalue weighted by Crippen LogP contribution is -2.29. The van der Waals surface area contributed by atoms with Crippen LogP contribution in [0.15, 0.2) is 28.1 Å². The maximum atomic E-state index is 5.34. The fraction of sp³-hybridized carbons (Fsp3) is 0.400.